The molecular weight excluding hydrogens is 195 g/mol. The molecule has 5 heteroatoms. The van der Waals surface area contributed by atoms with E-state index >= 15 is 0 Å². The van der Waals surface area contributed by atoms with Crippen molar-refractivity contribution in [3.05, 3.63) is 49.6 Å². The van der Waals surface area contributed by atoms with E-state index in [1.165, 1.54) is 6.08 Å². The third-order valence-electron chi connectivity index (χ3n) is 1.72. The van der Waals surface area contributed by atoms with Crippen LogP contribution in [0.5, 0.6) is 0 Å². The van der Waals surface area contributed by atoms with Crippen molar-refractivity contribution in [3.8, 4) is 5.82 Å². The van der Waals surface area contributed by atoms with Crippen molar-refractivity contribution < 1.29 is 4.39 Å². The predicted molar refractivity (Wildman–Crippen MR) is 53.6 cm³/mol. The predicted octanol–water partition coefficient (Wildman–Crippen LogP) is 1.81. The second-order valence-corrected chi connectivity index (χ2v) is 2.86. The Morgan fingerprint density at radius 2 is 2.27 bits per heavy atom. The summed E-state index contributed by atoms with van der Waals surface area (Å²) in [5.74, 6) is 0.105. The molecule has 0 saturated carbocycles. The zero-order valence-corrected chi connectivity index (χ0v) is 7.84. The van der Waals surface area contributed by atoms with Crippen molar-refractivity contribution in [1.82, 2.24) is 19.5 Å². The Labute approximate surface area is 86.1 Å². The number of nitrogens with zero attached hydrogens (tertiary/aromatic N) is 4. The van der Waals surface area contributed by atoms with E-state index in [4.69, 9.17) is 0 Å². The lowest BCUT2D eigenvalue weighted by molar-refractivity contribution is 0.672. The Kier molecular flexibility index (Phi) is 2.53. The first-order chi connectivity index (χ1) is 7.25. The summed E-state index contributed by atoms with van der Waals surface area (Å²) in [4.78, 5) is 12.0. The first-order valence-electron chi connectivity index (χ1n) is 4.25. The smallest absolute Gasteiger partial charge is 0.156 e. The van der Waals surface area contributed by atoms with E-state index in [0.29, 0.717) is 11.5 Å². The summed E-state index contributed by atoms with van der Waals surface area (Å²) in [6, 6.07) is 0. The number of aromatic nitrogens is 4. The third-order valence-corrected chi connectivity index (χ3v) is 1.72. The molecule has 2 rings (SSSR count). The molecule has 0 aliphatic rings. The number of hydrogen-bond acceptors (Lipinski definition) is 3. The topological polar surface area (TPSA) is 43.6 Å². The molecule has 2 aromatic rings. The van der Waals surface area contributed by atoms with Gasteiger partial charge in [0.15, 0.2) is 5.82 Å². The lowest BCUT2D eigenvalue weighted by atomic mass is 10.4. The second kappa shape index (κ2) is 4.00. The molecule has 0 saturated heterocycles. The van der Waals surface area contributed by atoms with Crippen molar-refractivity contribution in [2.75, 3.05) is 0 Å². The minimum Gasteiger partial charge on any atom is -0.289 e. The molecule has 2 heterocycles. The summed E-state index contributed by atoms with van der Waals surface area (Å²) in [6.07, 6.45) is 9.18. The molecule has 0 fully saturated rings. The van der Waals surface area contributed by atoms with Crippen LogP contribution in [-0.4, -0.2) is 19.5 Å². The highest BCUT2D eigenvalue weighted by Gasteiger charge is 1.99. The maximum atomic E-state index is 12.5. The van der Waals surface area contributed by atoms with Crippen molar-refractivity contribution in [2.24, 2.45) is 0 Å². The van der Waals surface area contributed by atoms with Crippen LogP contribution in [0.25, 0.3) is 11.9 Å². The monoisotopic (exact) mass is 203 g/mol. The van der Waals surface area contributed by atoms with Crippen LogP contribution < -0.4 is 0 Å². The van der Waals surface area contributed by atoms with Crippen molar-refractivity contribution >= 4 is 6.08 Å². The van der Waals surface area contributed by atoms with Gasteiger partial charge in [0.05, 0.1) is 11.9 Å². The molecule has 0 spiro atoms. The van der Waals surface area contributed by atoms with Crippen LogP contribution in [0.1, 0.15) is 5.69 Å². The summed E-state index contributed by atoms with van der Waals surface area (Å²) in [5, 5.41) is 0. The molecule has 75 valence electrons. The molecule has 0 unspecified atom stereocenters. The van der Waals surface area contributed by atoms with Gasteiger partial charge in [-0.05, 0) is 6.08 Å². The zero-order chi connectivity index (χ0) is 10.7. The normalized spacial score (nSPS) is 11.7. The summed E-state index contributed by atoms with van der Waals surface area (Å²) in [6.45, 7) is 3.13. The Hall–Kier alpha value is -2.04. The Morgan fingerprint density at radius 1 is 1.40 bits per heavy atom. The van der Waals surface area contributed by atoms with Crippen LogP contribution in [0, 0.1) is 6.92 Å². The van der Waals surface area contributed by atoms with E-state index in [1.807, 2.05) is 0 Å². The van der Waals surface area contributed by atoms with E-state index < -0.39 is 5.83 Å². The van der Waals surface area contributed by atoms with Crippen molar-refractivity contribution in [3.63, 3.8) is 0 Å². The van der Waals surface area contributed by atoms with Gasteiger partial charge in [0.1, 0.15) is 12.2 Å². The Balaban J connectivity index is 2.32. The first-order valence-corrected chi connectivity index (χ1v) is 4.25. The highest BCUT2D eigenvalue weighted by molar-refractivity contribution is 5.47. The fourth-order valence-electron chi connectivity index (χ4n) is 1.12. The molecule has 0 aromatic carbocycles. The summed E-state index contributed by atoms with van der Waals surface area (Å²) >= 11 is 0. The van der Waals surface area contributed by atoms with Gasteiger partial charge < -0.3 is 0 Å². The molecule has 0 aliphatic carbocycles. The van der Waals surface area contributed by atoms with Crippen LogP contribution in [-0.2, 0) is 0 Å². The summed E-state index contributed by atoms with van der Waals surface area (Å²) in [5.41, 5.74) is 0.494. The highest BCUT2D eigenvalue weighted by atomic mass is 19.1. The van der Waals surface area contributed by atoms with Gasteiger partial charge in [0, 0.05) is 25.5 Å². The quantitative estimate of drug-likeness (QED) is 0.747. The molecule has 1 radical (unpaired) electrons. The fourth-order valence-corrected chi connectivity index (χ4v) is 1.12. The maximum absolute atomic E-state index is 12.5. The van der Waals surface area contributed by atoms with Gasteiger partial charge in [-0.2, -0.15) is 0 Å². The second-order valence-electron chi connectivity index (χ2n) is 2.86. The van der Waals surface area contributed by atoms with Gasteiger partial charge in [0.2, 0.25) is 0 Å². The van der Waals surface area contributed by atoms with E-state index in [2.05, 4.69) is 21.9 Å². The Morgan fingerprint density at radius 3 is 2.93 bits per heavy atom. The summed E-state index contributed by atoms with van der Waals surface area (Å²) < 4.78 is 14.1. The average molecular weight is 203 g/mol. The number of allylic oxidation sites excluding steroid dienone is 1. The minimum absolute atomic E-state index is 0.494. The highest BCUT2D eigenvalue weighted by Crippen LogP contribution is 2.07. The minimum atomic E-state index is -0.528. The summed E-state index contributed by atoms with van der Waals surface area (Å²) in [7, 11) is 0. The SMILES string of the molecule is [CH2]/C(F)=C\c1cn(-c2cnccn2)cn1. The van der Waals surface area contributed by atoms with Gasteiger partial charge in [-0.1, -0.05) is 0 Å². The van der Waals surface area contributed by atoms with E-state index in [0.717, 1.165) is 0 Å². The van der Waals surface area contributed by atoms with Crippen molar-refractivity contribution in [2.45, 2.75) is 0 Å². The van der Waals surface area contributed by atoms with Gasteiger partial charge in [0.25, 0.3) is 0 Å². The van der Waals surface area contributed by atoms with Gasteiger partial charge in [-0.15, -0.1) is 0 Å². The molecule has 0 aliphatic heterocycles. The van der Waals surface area contributed by atoms with Crippen molar-refractivity contribution in [1.29, 1.82) is 0 Å². The fraction of sp³-hybridized carbons (Fsp3) is 0. The zero-order valence-electron chi connectivity index (χ0n) is 7.84. The first kappa shape index (κ1) is 9.51. The van der Waals surface area contributed by atoms with E-state index in [9.17, 15) is 4.39 Å². The molecule has 15 heavy (non-hydrogen) atoms. The largest absolute Gasteiger partial charge is 0.289 e. The van der Waals surface area contributed by atoms with Gasteiger partial charge >= 0.3 is 0 Å². The van der Waals surface area contributed by atoms with Crippen LogP contribution in [0.2, 0.25) is 0 Å². The molecular formula is C10H8FN4. The van der Waals surface area contributed by atoms with E-state index in [1.54, 1.807) is 35.7 Å². The van der Waals surface area contributed by atoms with Crippen LogP contribution >= 0.6 is 0 Å². The maximum Gasteiger partial charge on any atom is 0.156 e. The molecule has 0 N–H and O–H groups in total. The number of rotatable bonds is 2. The molecule has 0 amide bonds. The van der Waals surface area contributed by atoms with Crippen LogP contribution in [0.4, 0.5) is 4.39 Å². The Bertz CT molecular complexity index is 471. The van der Waals surface area contributed by atoms with Crippen LogP contribution in [0.3, 0.4) is 0 Å². The lowest BCUT2D eigenvalue weighted by Gasteiger charge is -1.96. The number of hydrogen-bond donors (Lipinski definition) is 0. The lowest BCUT2D eigenvalue weighted by Crippen LogP contribution is -1.93. The molecule has 2 aromatic heterocycles. The average Bonchev–Trinajstić information content (AvgIpc) is 2.67. The molecule has 0 bridgehead atoms. The number of imidazole rings is 1. The third kappa shape index (κ3) is 2.25. The van der Waals surface area contributed by atoms with Gasteiger partial charge in [-0.3, -0.25) is 9.55 Å². The molecule has 0 atom stereocenters. The van der Waals surface area contributed by atoms with E-state index in [-0.39, 0.29) is 0 Å². The van der Waals surface area contributed by atoms with Gasteiger partial charge in [-0.25, -0.2) is 14.4 Å². The van der Waals surface area contributed by atoms with Crippen LogP contribution in [0.15, 0.2) is 36.9 Å². The number of halogens is 1. The standard InChI is InChI=1S/C10H8FN4/c1-8(11)4-9-6-15(7-14-9)10-5-12-2-3-13-10/h2-7H,1H2/b8-4+. The molecule has 4 nitrogen and oxygen atoms in total.